The molecule has 1 amide bonds. The fourth-order valence-electron chi connectivity index (χ4n) is 3.09. The van der Waals surface area contributed by atoms with E-state index >= 15 is 0 Å². The summed E-state index contributed by atoms with van der Waals surface area (Å²) in [6, 6.07) is 7.91. The van der Waals surface area contributed by atoms with Crippen LogP contribution in [0.2, 0.25) is 0 Å². The van der Waals surface area contributed by atoms with Gasteiger partial charge in [0.1, 0.15) is 5.75 Å². The van der Waals surface area contributed by atoms with Crippen LogP contribution in [0.4, 0.5) is 0 Å². The first-order valence-corrected chi connectivity index (χ1v) is 8.19. The van der Waals surface area contributed by atoms with E-state index in [4.69, 9.17) is 4.74 Å². The summed E-state index contributed by atoms with van der Waals surface area (Å²) in [6.07, 6.45) is 2.75. The lowest BCUT2D eigenvalue weighted by molar-refractivity contribution is -0.131. The van der Waals surface area contributed by atoms with Crippen LogP contribution in [0.25, 0.3) is 0 Å². The van der Waals surface area contributed by atoms with Gasteiger partial charge in [-0.25, -0.2) is 0 Å². The minimum atomic E-state index is -0.366. The number of carbonyl (C=O) groups excluding carboxylic acids is 1. The number of likely N-dealkylation sites (tertiary alicyclic amines) is 1. The summed E-state index contributed by atoms with van der Waals surface area (Å²) >= 11 is 0. The zero-order valence-electron chi connectivity index (χ0n) is 13.8. The second kappa shape index (κ2) is 7.63. The molecule has 1 aromatic carbocycles. The van der Waals surface area contributed by atoms with Gasteiger partial charge in [0.15, 0.2) is 0 Å². The average molecular weight is 305 g/mol. The standard InChI is InChI=1S/C18H27NO3/c1-13(2)22-17-9-5-4-7-15(17)12-18(21)19-10-6-8-16(19)11-14(3)20/h4-5,7,9,13-14,16,20H,6,8,10-12H2,1-3H3. The molecule has 1 fully saturated rings. The molecule has 2 rings (SSSR count). The minimum Gasteiger partial charge on any atom is -0.491 e. The second-order valence-corrected chi connectivity index (χ2v) is 6.42. The average Bonchev–Trinajstić information content (AvgIpc) is 2.87. The molecule has 0 spiro atoms. The van der Waals surface area contributed by atoms with Gasteiger partial charge in [-0.3, -0.25) is 4.79 Å². The lowest BCUT2D eigenvalue weighted by atomic mass is 10.1. The molecular weight excluding hydrogens is 278 g/mol. The number of ether oxygens (including phenoxy) is 1. The van der Waals surface area contributed by atoms with Crippen LogP contribution in [0.15, 0.2) is 24.3 Å². The van der Waals surface area contributed by atoms with Crippen molar-refractivity contribution in [3.8, 4) is 5.75 Å². The molecule has 0 aromatic heterocycles. The molecular formula is C18H27NO3. The predicted octanol–water partition coefficient (Wildman–Crippen LogP) is 2.78. The van der Waals surface area contributed by atoms with Crippen LogP contribution in [-0.4, -0.2) is 40.7 Å². The maximum Gasteiger partial charge on any atom is 0.227 e. The Bertz CT molecular complexity index is 499. The molecule has 0 radical (unpaired) electrons. The van der Waals surface area contributed by atoms with Gasteiger partial charge in [0, 0.05) is 18.2 Å². The van der Waals surface area contributed by atoms with E-state index in [1.807, 2.05) is 43.0 Å². The van der Waals surface area contributed by atoms with Crippen LogP contribution < -0.4 is 4.74 Å². The summed E-state index contributed by atoms with van der Waals surface area (Å²) < 4.78 is 5.79. The Kier molecular flexibility index (Phi) is 5.83. The third kappa shape index (κ3) is 4.47. The molecule has 2 atom stereocenters. The molecule has 122 valence electrons. The summed E-state index contributed by atoms with van der Waals surface area (Å²) in [6.45, 7) is 6.55. The molecule has 0 bridgehead atoms. The van der Waals surface area contributed by atoms with E-state index in [1.165, 1.54) is 0 Å². The Morgan fingerprint density at radius 1 is 1.36 bits per heavy atom. The molecule has 4 heteroatoms. The molecule has 22 heavy (non-hydrogen) atoms. The van der Waals surface area contributed by atoms with Crippen molar-refractivity contribution in [1.29, 1.82) is 0 Å². The minimum absolute atomic E-state index is 0.0889. The Morgan fingerprint density at radius 2 is 2.09 bits per heavy atom. The van der Waals surface area contributed by atoms with E-state index in [2.05, 4.69) is 0 Å². The van der Waals surface area contributed by atoms with E-state index in [9.17, 15) is 9.90 Å². The highest BCUT2D eigenvalue weighted by atomic mass is 16.5. The number of hydrogen-bond acceptors (Lipinski definition) is 3. The van der Waals surface area contributed by atoms with Crippen molar-refractivity contribution >= 4 is 5.91 Å². The van der Waals surface area contributed by atoms with Crippen molar-refractivity contribution in [3.05, 3.63) is 29.8 Å². The van der Waals surface area contributed by atoms with Crippen molar-refractivity contribution < 1.29 is 14.6 Å². The Morgan fingerprint density at radius 3 is 2.77 bits per heavy atom. The number of amides is 1. The maximum atomic E-state index is 12.6. The summed E-state index contributed by atoms with van der Waals surface area (Å²) in [5.41, 5.74) is 0.934. The summed E-state index contributed by atoms with van der Waals surface area (Å²) in [7, 11) is 0. The topological polar surface area (TPSA) is 49.8 Å². The van der Waals surface area contributed by atoms with Crippen molar-refractivity contribution in [2.45, 2.75) is 64.7 Å². The Hall–Kier alpha value is -1.55. The highest BCUT2D eigenvalue weighted by molar-refractivity contribution is 5.80. The summed E-state index contributed by atoms with van der Waals surface area (Å²) in [5.74, 6) is 0.917. The molecule has 1 heterocycles. The number of para-hydroxylation sites is 1. The number of rotatable bonds is 6. The van der Waals surface area contributed by atoms with Gasteiger partial charge in [-0.2, -0.15) is 0 Å². The molecule has 0 saturated carbocycles. The van der Waals surface area contributed by atoms with Crippen LogP contribution in [0.5, 0.6) is 5.75 Å². The van der Waals surface area contributed by atoms with Gasteiger partial charge in [0.25, 0.3) is 0 Å². The summed E-state index contributed by atoms with van der Waals surface area (Å²) in [5, 5.41) is 9.59. The molecule has 1 N–H and O–H groups in total. The first kappa shape index (κ1) is 16.8. The van der Waals surface area contributed by atoms with Crippen LogP contribution in [-0.2, 0) is 11.2 Å². The monoisotopic (exact) mass is 305 g/mol. The molecule has 1 aliphatic heterocycles. The summed E-state index contributed by atoms with van der Waals surface area (Å²) in [4.78, 5) is 14.6. The van der Waals surface area contributed by atoms with Crippen molar-refractivity contribution in [2.75, 3.05) is 6.54 Å². The normalized spacial score (nSPS) is 19.5. The molecule has 2 unspecified atom stereocenters. The van der Waals surface area contributed by atoms with Gasteiger partial charge in [-0.15, -0.1) is 0 Å². The van der Waals surface area contributed by atoms with E-state index in [0.717, 1.165) is 30.7 Å². The number of benzene rings is 1. The lowest BCUT2D eigenvalue weighted by Crippen LogP contribution is -2.38. The SMILES string of the molecule is CC(O)CC1CCCN1C(=O)Cc1ccccc1OC(C)C. The third-order valence-corrected chi connectivity index (χ3v) is 3.99. The van der Waals surface area contributed by atoms with Gasteiger partial charge >= 0.3 is 0 Å². The molecule has 0 aliphatic carbocycles. The quantitative estimate of drug-likeness (QED) is 0.879. The van der Waals surface area contributed by atoms with Crippen LogP contribution in [0.1, 0.15) is 45.6 Å². The number of carbonyl (C=O) groups is 1. The zero-order valence-corrected chi connectivity index (χ0v) is 13.8. The third-order valence-electron chi connectivity index (χ3n) is 3.99. The van der Waals surface area contributed by atoms with E-state index in [-0.39, 0.29) is 24.2 Å². The molecule has 1 aliphatic rings. The predicted molar refractivity (Wildman–Crippen MR) is 86.9 cm³/mol. The van der Waals surface area contributed by atoms with Crippen molar-refractivity contribution in [1.82, 2.24) is 4.90 Å². The first-order valence-electron chi connectivity index (χ1n) is 8.19. The van der Waals surface area contributed by atoms with Gasteiger partial charge in [-0.05, 0) is 46.1 Å². The number of hydrogen-bond donors (Lipinski definition) is 1. The fourth-order valence-corrected chi connectivity index (χ4v) is 3.09. The van der Waals surface area contributed by atoms with Gasteiger partial charge in [0.2, 0.25) is 5.91 Å². The van der Waals surface area contributed by atoms with Crippen LogP contribution in [0.3, 0.4) is 0 Å². The van der Waals surface area contributed by atoms with Crippen LogP contribution >= 0.6 is 0 Å². The van der Waals surface area contributed by atoms with Gasteiger partial charge in [0.05, 0.1) is 18.6 Å². The first-order chi connectivity index (χ1) is 10.5. The zero-order chi connectivity index (χ0) is 16.1. The van der Waals surface area contributed by atoms with E-state index in [1.54, 1.807) is 6.92 Å². The van der Waals surface area contributed by atoms with E-state index < -0.39 is 0 Å². The highest BCUT2D eigenvalue weighted by Gasteiger charge is 2.29. The Balaban J connectivity index is 2.05. The number of aliphatic hydroxyl groups is 1. The highest BCUT2D eigenvalue weighted by Crippen LogP contribution is 2.25. The fraction of sp³-hybridized carbons (Fsp3) is 0.611. The van der Waals surface area contributed by atoms with E-state index in [0.29, 0.717) is 12.8 Å². The number of aliphatic hydroxyl groups excluding tert-OH is 1. The molecule has 4 nitrogen and oxygen atoms in total. The second-order valence-electron chi connectivity index (χ2n) is 6.42. The smallest absolute Gasteiger partial charge is 0.227 e. The Labute approximate surface area is 133 Å². The number of nitrogens with zero attached hydrogens (tertiary/aromatic N) is 1. The largest absolute Gasteiger partial charge is 0.491 e. The maximum absolute atomic E-state index is 12.6. The van der Waals surface area contributed by atoms with Crippen molar-refractivity contribution in [2.24, 2.45) is 0 Å². The van der Waals surface area contributed by atoms with Crippen molar-refractivity contribution in [3.63, 3.8) is 0 Å². The van der Waals surface area contributed by atoms with Gasteiger partial charge < -0.3 is 14.7 Å². The molecule has 1 aromatic rings. The van der Waals surface area contributed by atoms with Crippen LogP contribution in [0, 0.1) is 0 Å². The molecule has 1 saturated heterocycles. The van der Waals surface area contributed by atoms with Gasteiger partial charge in [-0.1, -0.05) is 18.2 Å². The lowest BCUT2D eigenvalue weighted by Gasteiger charge is -2.26.